The lowest BCUT2D eigenvalue weighted by Crippen LogP contribution is -2.30. The van der Waals surface area contributed by atoms with Crippen LogP contribution in [0.1, 0.15) is 316 Å². The largest absolute Gasteiger partial charge is 0.462 e. The molecular weight excluding hydrogens is 805 g/mol. The van der Waals surface area contributed by atoms with Gasteiger partial charge in [-0.3, -0.25) is 14.4 Å². The molecule has 0 saturated heterocycles. The van der Waals surface area contributed by atoms with Gasteiger partial charge < -0.3 is 14.2 Å². The van der Waals surface area contributed by atoms with Crippen LogP contribution in [-0.2, 0) is 28.6 Å². The topological polar surface area (TPSA) is 78.9 Å². The van der Waals surface area contributed by atoms with Crippen LogP contribution in [-0.4, -0.2) is 37.2 Å². The Morgan fingerprint density at radius 3 is 0.831 bits per heavy atom. The first-order valence-electron chi connectivity index (χ1n) is 28.9. The minimum atomic E-state index is -0.780. The number of hydrogen-bond acceptors (Lipinski definition) is 6. The van der Waals surface area contributed by atoms with Crippen molar-refractivity contribution in [1.82, 2.24) is 0 Å². The fraction of sp³-hybridized carbons (Fsp3) is 0.881. The van der Waals surface area contributed by atoms with Crippen LogP contribution in [0.2, 0.25) is 0 Å². The molecule has 0 N–H and O–H groups in total. The van der Waals surface area contributed by atoms with Gasteiger partial charge >= 0.3 is 17.9 Å². The van der Waals surface area contributed by atoms with Crippen molar-refractivity contribution in [3.63, 3.8) is 0 Å². The van der Waals surface area contributed by atoms with Gasteiger partial charge in [0.05, 0.1) is 0 Å². The second kappa shape index (κ2) is 54.5. The van der Waals surface area contributed by atoms with Crippen molar-refractivity contribution in [3.8, 4) is 0 Å². The molecule has 6 nitrogen and oxygen atoms in total. The summed E-state index contributed by atoms with van der Waals surface area (Å²) in [6, 6.07) is 0. The van der Waals surface area contributed by atoms with E-state index in [0.717, 1.165) is 70.6 Å². The zero-order chi connectivity index (χ0) is 47.2. The van der Waals surface area contributed by atoms with Crippen LogP contribution in [0.5, 0.6) is 0 Å². The first-order valence-corrected chi connectivity index (χ1v) is 28.9. The van der Waals surface area contributed by atoms with Gasteiger partial charge in [0, 0.05) is 19.3 Å². The highest BCUT2D eigenvalue weighted by molar-refractivity contribution is 5.71. The Morgan fingerprint density at radius 2 is 0.538 bits per heavy atom. The third-order valence-electron chi connectivity index (χ3n) is 13.0. The molecule has 0 aromatic carbocycles. The zero-order valence-electron chi connectivity index (χ0n) is 43.8. The second-order valence-electron chi connectivity index (χ2n) is 19.6. The summed E-state index contributed by atoms with van der Waals surface area (Å²) in [5, 5.41) is 0. The van der Waals surface area contributed by atoms with Crippen molar-refractivity contribution < 1.29 is 28.6 Å². The number of carbonyl (C=O) groups is 3. The molecule has 0 aromatic heterocycles. The quantitative estimate of drug-likeness (QED) is 0.0262. The highest BCUT2D eigenvalue weighted by atomic mass is 16.6. The van der Waals surface area contributed by atoms with Gasteiger partial charge in [-0.15, -0.1) is 0 Å². The molecule has 0 aromatic rings. The average molecular weight is 916 g/mol. The summed E-state index contributed by atoms with van der Waals surface area (Å²) in [4.78, 5) is 38.1. The van der Waals surface area contributed by atoms with Crippen LogP contribution >= 0.6 is 0 Å². The molecule has 0 spiro atoms. The minimum absolute atomic E-state index is 0.0764. The molecular formula is C59H110O6. The van der Waals surface area contributed by atoms with E-state index in [2.05, 4.69) is 45.1 Å². The predicted octanol–water partition coefficient (Wildman–Crippen LogP) is 19.1. The molecule has 0 rings (SSSR count). The summed E-state index contributed by atoms with van der Waals surface area (Å²) >= 11 is 0. The van der Waals surface area contributed by atoms with Crippen LogP contribution in [0.3, 0.4) is 0 Å². The summed E-state index contributed by atoms with van der Waals surface area (Å²) < 4.78 is 16.9. The van der Waals surface area contributed by atoms with Crippen molar-refractivity contribution in [3.05, 3.63) is 24.3 Å². The van der Waals surface area contributed by atoms with Crippen molar-refractivity contribution in [1.29, 1.82) is 0 Å². The van der Waals surface area contributed by atoms with Crippen molar-refractivity contribution in [2.75, 3.05) is 13.2 Å². The van der Waals surface area contributed by atoms with E-state index in [-0.39, 0.29) is 31.1 Å². The SMILES string of the molecule is CCCCCCCCC/C=C\C=C/CCCCCC(=O)OC(COC(=O)CCCCCCCCCCCCCCCC)COC(=O)CCCCCCCCCCCCCCCCCCC. The molecule has 0 radical (unpaired) electrons. The molecule has 1 unspecified atom stereocenters. The number of esters is 3. The lowest BCUT2D eigenvalue weighted by atomic mass is 10.0. The Bertz CT molecular complexity index is 1050. The van der Waals surface area contributed by atoms with Gasteiger partial charge in [0.15, 0.2) is 6.10 Å². The molecule has 65 heavy (non-hydrogen) atoms. The van der Waals surface area contributed by atoms with E-state index < -0.39 is 6.10 Å². The zero-order valence-corrected chi connectivity index (χ0v) is 43.8. The van der Waals surface area contributed by atoms with E-state index in [1.807, 2.05) is 0 Å². The normalized spacial score (nSPS) is 12.1. The number of rotatable bonds is 53. The molecule has 0 aliphatic heterocycles. The summed E-state index contributed by atoms with van der Waals surface area (Å²) in [6.45, 7) is 6.66. The smallest absolute Gasteiger partial charge is 0.306 e. The molecule has 6 heteroatoms. The second-order valence-corrected chi connectivity index (χ2v) is 19.6. The number of hydrogen-bond donors (Lipinski definition) is 0. The van der Waals surface area contributed by atoms with Crippen LogP contribution in [0.25, 0.3) is 0 Å². The summed E-state index contributed by atoms with van der Waals surface area (Å²) in [6.07, 6.45) is 63.1. The lowest BCUT2D eigenvalue weighted by molar-refractivity contribution is -0.167. The molecule has 0 aliphatic carbocycles. The molecule has 0 heterocycles. The lowest BCUT2D eigenvalue weighted by Gasteiger charge is -2.18. The van der Waals surface area contributed by atoms with Gasteiger partial charge in [-0.05, 0) is 44.9 Å². The van der Waals surface area contributed by atoms with Crippen LogP contribution in [0, 0.1) is 0 Å². The third kappa shape index (κ3) is 52.7. The summed E-state index contributed by atoms with van der Waals surface area (Å²) in [5.74, 6) is -0.881. The summed E-state index contributed by atoms with van der Waals surface area (Å²) in [5.41, 5.74) is 0. The van der Waals surface area contributed by atoms with E-state index in [1.165, 1.54) is 205 Å². The maximum absolute atomic E-state index is 12.8. The number of allylic oxidation sites excluding steroid dienone is 4. The third-order valence-corrected chi connectivity index (χ3v) is 13.0. The minimum Gasteiger partial charge on any atom is -0.462 e. The Balaban J connectivity index is 4.36. The van der Waals surface area contributed by atoms with Crippen molar-refractivity contribution in [2.24, 2.45) is 0 Å². The molecule has 0 bridgehead atoms. The standard InChI is InChI=1S/C59H110O6/c1-4-7-10-13-16-19-22-25-28-30-32-34-37-40-43-46-49-52-58(61)64-55-56(54-63-57(60)51-48-45-42-39-36-33-27-24-21-18-15-12-9-6-3)65-59(62)53-50-47-44-41-38-35-31-29-26-23-20-17-14-11-8-5-2/h29,31,35,38,56H,4-28,30,32-34,36-37,39-55H2,1-3H3/b31-29-,38-35-. The van der Waals surface area contributed by atoms with Gasteiger partial charge in [0.2, 0.25) is 0 Å². The van der Waals surface area contributed by atoms with E-state index in [4.69, 9.17) is 14.2 Å². The molecule has 0 fully saturated rings. The highest BCUT2D eigenvalue weighted by Crippen LogP contribution is 2.17. The number of ether oxygens (including phenoxy) is 3. The van der Waals surface area contributed by atoms with Gasteiger partial charge in [-0.2, -0.15) is 0 Å². The van der Waals surface area contributed by atoms with Crippen LogP contribution in [0.15, 0.2) is 24.3 Å². The number of carbonyl (C=O) groups excluding carboxylic acids is 3. The fourth-order valence-corrected chi connectivity index (χ4v) is 8.61. The van der Waals surface area contributed by atoms with E-state index >= 15 is 0 Å². The van der Waals surface area contributed by atoms with E-state index in [0.29, 0.717) is 19.3 Å². The molecule has 0 aliphatic rings. The van der Waals surface area contributed by atoms with E-state index in [9.17, 15) is 14.4 Å². The monoisotopic (exact) mass is 915 g/mol. The van der Waals surface area contributed by atoms with Crippen LogP contribution in [0.4, 0.5) is 0 Å². The predicted molar refractivity (Wildman–Crippen MR) is 279 cm³/mol. The van der Waals surface area contributed by atoms with Crippen molar-refractivity contribution in [2.45, 2.75) is 322 Å². The molecule has 382 valence electrons. The Kier molecular flexibility index (Phi) is 52.7. The van der Waals surface area contributed by atoms with Gasteiger partial charge in [0.1, 0.15) is 13.2 Å². The Morgan fingerprint density at radius 1 is 0.308 bits per heavy atom. The van der Waals surface area contributed by atoms with Gasteiger partial charge in [-0.25, -0.2) is 0 Å². The first kappa shape index (κ1) is 62.9. The maximum Gasteiger partial charge on any atom is 0.306 e. The van der Waals surface area contributed by atoms with Crippen LogP contribution < -0.4 is 0 Å². The van der Waals surface area contributed by atoms with E-state index in [1.54, 1.807) is 0 Å². The maximum atomic E-state index is 12.8. The van der Waals surface area contributed by atoms with Gasteiger partial charge in [-0.1, -0.05) is 276 Å². The van der Waals surface area contributed by atoms with Crippen molar-refractivity contribution >= 4 is 17.9 Å². The molecule has 0 saturated carbocycles. The average Bonchev–Trinajstić information content (AvgIpc) is 3.30. The summed E-state index contributed by atoms with van der Waals surface area (Å²) in [7, 11) is 0. The fourth-order valence-electron chi connectivity index (χ4n) is 8.61. The molecule has 0 amide bonds. The molecule has 1 atom stereocenters. The number of unbranched alkanes of at least 4 members (excludes halogenated alkanes) is 39. The first-order chi connectivity index (χ1) is 32.0. The Hall–Kier alpha value is -2.11. The Labute approximate surface area is 404 Å². The highest BCUT2D eigenvalue weighted by Gasteiger charge is 2.19. The van der Waals surface area contributed by atoms with Gasteiger partial charge in [0.25, 0.3) is 0 Å².